The van der Waals surface area contributed by atoms with Crippen LogP contribution in [-0.2, 0) is 4.79 Å². The van der Waals surface area contributed by atoms with Crippen LogP contribution in [-0.4, -0.2) is 16.9 Å². The standard InChI is InChI=1S/C12H14O4/c1-4-10(14)9-5-6-11(16-8(3)13)7(2)12(9)15/h5-6,15H,4H2,1-3H3. The zero-order chi connectivity index (χ0) is 12.3. The van der Waals surface area contributed by atoms with Crippen LogP contribution < -0.4 is 4.74 Å². The number of esters is 1. The summed E-state index contributed by atoms with van der Waals surface area (Å²) in [5, 5.41) is 9.78. The number of Topliss-reactive ketones (excluding diaryl/α,β-unsaturated/α-hetero) is 1. The lowest BCUT2D eigenvalue weighted by molar-refractivity contribution is -0.131. The van der Waals surface area contributed by atoms with Crippen molar-refractivity contribution in [3.8, 4) is 11.5 Å². The zero-order valence-corrected chi connectivity index (χ0v) is 9.53. The summed E-state index contributed by atoms with van der Waals surface area (Å²) in [6, 6.07) is 2.98. The van der Waals surface area contributed by atoms with Gasteiger partial charge in [0, 0.05) is 18.9 Å². The molecule has 4 heteroatoms. The summed E-state index contributed by atoms with van der Waals surface area (Å²) in [5.74, 6) is -0.449. The van der Waals surface area contributed by atoms with Crippen LogP contribution >= 0.6 is 0 Å². The number of ether oxygens (including phenoxy) is 1. The van der Waals surface area contributed by atoms with Gasteiger partial charge in [-0.3, -0.25) is 9.59 Å². The van der Waals surface area contributed by atoms with Crippen molar-refractivity contribution in [1.29, 1.82) is 0 Å². The number of rotatable bonds is 3. The van der Waals surface area contributed by atoms with Crippen LogP contribution in [0.4, 0.5) is 0 Å². The molecule has 0 unspecified atom stereocenters. The van der Waals surface area contributed by atoms with E-state index in [9.17, 15) is 14.7 Å². The summed E-state index contributed by atoms with van der Waals surface area (Å²) in [6.07, 6.45) is 0.319. The second kappa shape index (κ2) is 4.79. The predicted molar refractivity (Wildman–Crippen MR) is 58.8 cm³/mol. The molecule has 1 rings (SSSR count). The second-order valence-corrected chi connectivity index (χ2v) is 3.46. The minimum absolute atomic E-state index is 0.120. The Labute approximate surface area is 93.9 Å². The van der Waals surface area contributed by atoms with Crippen LogP contribution in [0.1, 0.15) is 36.2 Å². The number of phenols is 1. The normalized spacial score (nSPS) is 9.94. The SMILES string of the molecule is CCC(=O)c1ccc(OC(C)=O)c(C)c1O. The Morgan fingerprint density at radius 2 is 2.00 bits per heavy atom. The van der Waals surface area contributed by atoms with E-state index >= 15 is 0 Å². The largest absolute Gasteiger partial charge is 0.507 e. The number of aromatic hydroxyl groups is 1. The summed E-state index contributed by atoms with van der Waals surface area (Å²) >= 11 is 0. The van der Waals surface area contributed by atoms with Crippen molar-refractivity contribution in [2.45, 2.75) is 27.2 Å². The van der Waals surface area contributed by atoms with Crippen molar-refractivity contribution in [3.05, 3.63) is 23.3 Å². The first-order valence-corrected chi connectivity index (χ1v) is 5.01. The molecule has 1 N–H and O–H groups in total. The van der Waals surface area contributed by atoms with Gasteiger partial charge in [0.25, 0.3) is 0 Å². The summed E-state index contributed by atoms with van der Waals surface area (Å²) in [7, 11) is 0. The van der Waals surface area contributed by atoms with Crippen LogP contribution in [0.2, 0.25) is 0 Å². The lowest BCUT2D eigenvalue weighted by Gasteiger charge is -2.10. The summed E-state index contributed by atoms with van der Waals surface area (Å²) in [4.78, 5) is 22.2. The third-order valence-electron chi connectivity index (χ3n) is 2.26. The molecule has 1 aromatic rings. The van der Waals surface area contributed by atoms with Crippen LogP contribution in [0.25, 0.3) is 0 Å². The second-order valence-electron chi connectivity index (χ2n) is 3.46. The third-order valence-corrected chi connectivity index (χ3v) is 2.26. The van der Waals surface area contributed by atoms with Crippen molar-refractivity contribution in [2.24, 2.45) is 0 Å². The first-order valence-electron chi connectivity index (χ1n) is 5.01. The highest BCUT2D eigenvalue weighted by atomic mass is 16.5. The van der Waals surface area contributed by atoms with Gasteiger partial charge in [-0.2, -0.15) is 0 Å². The minimum atomic E-state index is -0.461. The minimum Gasteiger partial charge on any atom is -0.507 e. The van der Waals surface area contributed by atoms with Gasteiger partial charge >= 0.3 is 5.97 Å². The van der Waals surface area contributed by atoms with Crippen LogP contribution in [0, 0.1) is 6.92 Å². The van der Waals surface area contributed by atoms with E-state index in [-0.39, 0.29) is 22.8 Å². The van der Waals surface area contributed by atoms with Gasteiger partial charge in [-0.05, 0) is 19.1 Å². The fourth-order valence-corrected chi connectivity index (χ4v) is 1.36. The average Bonchev–Trinajstić information content (AvgIpc) is 2.23. The third kappa shape index (κ3) is 2.39. The fraction of sp³-hybridized carbons (Fsp3) is 0.333. The number of hydrogen-bond acceptors (Lipinski definition) is 4. The molecule has 0 spiro atoms. The molecule has 16 heavy (non-hydrogen) atoms. The molecule has 86 valence electrons. The molecule has 0 atom stereocenters. The van der Waals surface area contributed by atoms with Crippen LogP contribution in [0.3, 0.4) is 0 Å². The molecule has 0 bridgehead atoms. The van der Waals surface area contributed by atoms with E-state index in [0.29, 0.717) is 12.0 Å². The van der Waals surface area contributed by atoms with Gasteiger partial charge in [0.15, 0.2) is 5.78 Å². The zero-order valence-electron chi connectivity index (χ0n) is 9.53. The lowest BCUT2D eigenvalue weighted by atomic mass is 10.0. The molecule has 0 aromatic heterocycles. The van der Waals surface area contributed by atoms with E-state index < -0.39 is 5.97 Å². The molecule has 0 aliphatic rings. The predicted octanol–water partition coefficient (Wildman–Crippen LogP) is 2.22. The average molecular weight is 222 g/mol. The number of hydrogen-bond donors (Lipinski definition) is 1. The first kappa shape index (κ1) is 12.2. The number of carbonyl (C=O) groups excluding carboxylic acids is 2. The molecular formula is C12H14O4. The Hall–Kier alpha value is -1.84. The Morgan fingerprint density at radius 3 is 2.50 bits per heavy atom. The molecule has 0 aliphatic carbocycles. The summed E-state index contributed by atoms with van der Waals surface area (Å²) in [5.41, 5.74) is 0.658. The van der Waals surface area contributed by atoms with Gasteiger partial charge in [-0.1, -0.05) is 6.92 Å². The number of ketones is 1. The van der Waals surface area contributed by atoms with Crippen molar-refractivity contribution in [1.82, 2.24) is 0 Å². The maximum absolute atomic E-state index is 11.5. The van der Waals surface area contributed by atoms with E-state index in [4.69, 9.17) is 4.74 Å². The maximum Gasteiger partial charge on any atom is 0.308 e. The Balaban J connectivity index is 3.17. The quantitative estimate of drug-likeness (QED) is 0.484. The van der Waals surface area contributed by atoms with Crippen molar-refractivity contribution in [3.63, 3.8) is 0 Å². The molecule has 4 nitrogen and oxygen atoms in total. The lowest BCUT2D eigenvalue weighted by Crippen LogP contribution is -2.05. The monoisotopic (exact) mass is 222 g/mol. The Kier molecular flexibility index (Phi) is 3.66. The molecular weight excluding hydrogens is 208 g/mol. The molecule has 0 saturated heterocycles. The van der Waals surface area contributed by atoms with E-state index in [1.54, 1.807) is 13.8 Å². The molecule has 0 amide bonds. The van der Waals surface area contributed by atoms with E-state index in [2.05, 4.69) is 0 Å². The molecule has 0 saturated carbocycles. The van der Waals surface area contributed by atoms with Crippen molar-refractivity contribution in [2.75, 3.05) is 0 Å². The summed E-state index contributed by atoms with van der Waals surface area (Å²) in [6.45, 7) is 4.60. The Morgan fingerprint density at radius 1 is 1.38 bits per heavy atom. The molecule has 0 fully saturated rings. The smallest absolute Gasteiger partial charge is 0.308 e. The van der Waals surface area contributed by atoms with Gasteiger partial charge in [-0.15, -0.1) is 0 Å². The number of benzene rings is 1. The highest BCUT2D eigenvalue weighted by Gasteiger charge is 2.15. The van der Waals surface area contributed by atoms with Gasteiger partial charge in [0.2, 0.25) is 0 Å². The number of phenolic OH excluding ortho intramolecular Hbond substituents is 1. The van der Waals surface area contributed by atoms with Crippen molar-refractivity contribution >= 4 is 11.8 Å². The summed E-state index contributed by atoms with van der Waals surface area (Å²) < 4.78 is 4.88. The first-order chi connectivity index (χ1) is 7.47. The maximum atomic E-state index is 11.5. The molecule has 0 heterocycles. The van der Waals surface area contributed by atoms with Gasteiger partial charge in [0.05, 0.1) is 5.56 Å². The van der Waals surface area contributed by atoms with Crippen molar-refractivity contribution < 1.29 is 19.4 Å². The highest BCUT2D eigenvalue weighted by molar-refractivity contribution is 5.99. The van der Waals surface area contributed by atoms with E-state index in [0.717, 1.165) is 0 Å². The van der Waals surface area contributed by atoms with Gasteiger partial charge in [-0.25, -0.2) is 0 Å². The van der Waals surface area contributed by atoms with E-state index in [1.165, 1.54) is 19.1 Å². The van der Waals surface area contributed by atoms with Gasteiger partial charge < -0.3 is 9.84 Å². The van der Waals surface area contributed by atoms with Crippen LogP contribution in [0.15, 0.2) is 12.1 Å². The molecule has 0 aliphatic heterocycles. The topological polar surface area (TPSA) is 63.6 Å². The highest BCUT2D eigenvalue weighted by Crippen LogP contribution is 2.31. The Bertz CT molecular complexity index is 435. The van der Waals surface area contributed by atoms with Crippen LogP contribution in [0.5, 0.6) is 11.5 Å². The fourth-order valence-electron chi connectivity index (χ4n) is 1.36. The molecule has 1 aromatic carbocycles. The molecule has 0 radical (unpaired) electrons. The van der Waals surface area contributed by atoms with Gasteiger partial charge in [0.1, 0.15) is 11.5 Å². The number of carbonyl (C=O) groups is 2. The van der Waals surface area contributed by atoms with E-state index in [1.807, 2.05) is 0 Å².